The molecule has 1 aliphatic carbocycles. The molecule has 1 aromatic rings. The second-order valence-electron chi connectivity index (χ2n) is 4.06. The van der Waals surface area contributed by atoms with Crippen LogP contribution in [0.25, 0.3) is 0 Å². The topological polar surface area (TPSA) is 116 Å². The molecule has 0 fully saturated rings. The van der Waals surface area contributed by atoms with Crippen LogP contribution in [-0.4, -0.2) is 43.7 Å². The van der Waals surface area contributed by atoms with Crippen molar-refractivity contribution >= 4 is 22.6 Å². The van der Waals surface area contributed by atoms with Gasteiger partial charge >= 0.3 is 5.69 Å². The Bertz CT molecular complexity index is 652. The van der Waals surface area contributed by atoms with Gasteiger partial charge in [-0.25, -0.2) is 9.18 Å². The molecule has 9 heteroatoms. The Morgan fingerprint density at radius 2 is 2.05 bits per heavy atom. The highest BCUT2D eigenvalue weighted by molar-refractivity contribution is 14.1. The number of aromatic amines is 1. The molecule has 0 saturated carbocycles. The Labute approximate surface area is 119 Å². The van der Waals surface area contributed by atoms with Crippen LogP contribution in [0.15, 0.2) is 27.2 Å². The van der Waals surface area contributed by atoms with E-state index in [0.717, 1.165) is 10.8 Å². The molecule has 19 heavy (non-hydrogen) atoms. The molecule has 3 atom stereocenters. The van der Waals surface area contributed by atoms with Crippen LogP contribution in [0.2, 0.25) is 0 Å². The highest BCUT2D eigenvalue weighted by Gasteiger charge is 2.43. The molecule has 104 valence electrons. The first-order chi connectivity index (χ1) is 8.88. The Kier molecular flexibility index (Phi) is 3.90. The van der Waals surface area contributed by atoms with Crippen LogP contribution in [0.5, 0.6) is 0 Å². The number of aromatic nitrogens is 2. The maximum atomic E-state index is 14.0. The van der Waals surface area contributed by atoms with E-state index in [4.69, 9.17) is 5.11 Å². The first-order valence-corrected chi connectivity index (χ1v) is 6.32. The first-order valence-electron chi connectivity index (χ1n) is 5.25. The number of aliphatic hydroxyl groups excluding tert-OH is 3. The fourth-order valence-corrected chi connectivity index (χ4v) is 2.42. The fourth-order valence-electron chi connectivity index (χ4n) is 1.98. The molecule has 1 aliphatic rings. The minimum Gasteiger partial charge on any atom is -0.392 e. The van der Waals surface area contributed by atoms with Crippen LogP contribution < -0.4 is 11.2 Å². The van der Waals surface area contributed by atoms with Gasteiger partial charge < -0.3 is 15.3 Å². The molecule has 7 nitrogen and oxygen atoms in total. The maximum Gasteiger partial charge on any atom is 0.329 e. The van der Waals surface area contributed by atoms with Crippen LogP contribution >= 0.6 is 22.6 Å². The molecular formula is C10H10FIN2O5. The summed E-state index contributed by atoms with van der Waals surface area (Å²) in [5, 5.41) is 28.3. The van der Waals surface area contributed by atoms with Crippen molar-refractivity contribution in [3.8, 4) is 0 Å². The third-order valence-corrected chi connectivity index (χ3v) is 3.73. The molecule has 0 aliphatic heterocycles. The van der Waals surface area contributed by atoms with Crippen molar-refractivity contribution < 1.29 is 19.7 Å². The third-order valence-electron chi connectivity index (χ3n) is 2.96. The molecule has 0 unspecified atom stereocenters. The van der Waals surface area contributed by atoms with E-state index in [2.05, 4.69) is 0 Å². The van der Waals surface area contributed by atoms with Crippen LogP contribution in [-0.2, 0) is 0 Å². The van der Waals surface area contributed by atoms with E-state index in [1.54, 1.807) is 22.6 Å². The normalized spacial score (nSPS) is 27.1. The summed E-state index contributed by atoms with van der Waals surface area (Å²) in [6.07, 6.45) is -2.12. The van der Waals surface area contributed by atoms with Gasteiger partial charge in [-0.2, -0.15) is 0 Å². The van der Waals surface area contributed by atoms with Gasteiger partial charge in [-0.1, -0.05) is 0 Å². The minimum atomic E-state index is -1.61. The molecule has 2 rings (SSSR count). The highest BCUT2D eigenvalue weighted by atomic mass is 127. The van der Waals surface area contributed by atoms with E-state index < -0.39 is 41.9 Å². The van der Waals surface area contributed by atoms with E-state index in [-0.39, 0.29) is 9.14 Å². The summed E-state index contributed by atoms with van der Waals surface area (Å²) in [6, 6.07) is -1.46. The molecule has 4 N–H and O–H groups in total. The van der Waals surface area contributed by atoms with Crippen molar-refractivity contribution in [1.29, 1.82) is 0 Å². The number of hydrogen-bond donors (Lipinski definition) is 4. The van der Waals surface area contributed by atoms with Gasteiger partial charge in [0.05, 0.1) is 10.2 Å². The largest absolute Gasteiger partial charge is 0.392 e. The second-order valence-corrected chi connectivity index (χ2v) is 5.22. The predicted molar refractivity (Wildman–Crippen MR) is 70.3 cm³/mol. The van der Waals surface area contributed by atoms with Crippen molar-refractivity contribution in [2.75, 3.05) is 6.61 Å². The Morgan fingerprint density at radius 1 is 1.42 bits per heavy atom. The first kappa shape index (κ1) is 14.4. The van der Waals surface area contributed by atoms with Gasteiger partial charge in [-0.05, 0) is 22.6 Å². The van der Waals surface area contributed by atoms with Gasteiger partial charge in [0.25, 0.3) is 5.56 Å². The quantitative estimate of drug-likeness (QED) is 0.470. The number of nitrogens with zero attached hydrogens (tertiary/aromatic N) is 1. The van der Waals surface area contributed by atoms with E-state index in [0.29, 0.717) is 0 Å². The summed E-state index contributed by atoms with van der Waals surface area (Å²) < 4.78 is 14.9. The van der Waals surface area contributed by atoms with Gasteiger partial charge in [0.1, 0.15) is 24.1 Å². The third kappa shape index (κ3) is 2.26. The fraction of sp³-hybridized carbons (Fsp3) is 0.400. The van der Waals surface area contributed by atoms with Crippen molar-refractivity contribution in [3.05, 3.63) is 42.0 Å². The number of hydrogen-bond acceptors (Lipinski definition) is 5. The number of nitrogens with one attached hydrogen (secondary N) is 1. The standard InChI is InChI=1S/C10H10FIN2O5/c11-5-3(2-15)7(16)8(17)6(5)14-1-4(12)9(18)13-10(14)19/h1,6-8,15-17H,2H2,(H,13,18,19)/t6-,7-,8+/m1/s1. The SMILES string of the molecule is O=c1[nH]c(=O)n([C@@H]2C(F)=C(CO)[C@@H](O)[C@H]2O)cc1I. The number of aliphatic hydroxyl groups is 3. The van der Waals surface area contributed by atoms with Crippen LogP contribution in [0.1, 0.15) is 6.04 Å². The lowest BCUT2D eigenvalue weighted by Gasteiger charge is -2.19. The molecule has 0 amide bonds. The molecule has 0 radical (unpaired) electrons. The van der Waals surface area contributed by atoms with Crippen molar-refractivity contribution in [2.45, 2.75) is 18.2 Å². The molecule has 1 aromatic heterocycles. The molecule has 0 aromatic carbocycles. The summed E-state index contributed by atoms with van der Waals surface area (Å²) in [4.78, 5) is 24.8. The zero-order valence-electron chi connectivity index (χ0n) is 9.38. The molecule has 0 spiro atoms. The Balaban J connectivity index is 2.60. The van der Waals surface area contributed by atoms with Crippen LogP contribution in [0.3, 0.4) is 0 Å². The summed E-state index contributed by atoms with van der Waals surface area (Å²) in [5.41, 5.74) is -1.90. The molecule has 0 bridgehead atoms. The average molecular weight is 384 g/mol. The Hall–Kier alpha value is -1.04. The monoisotopic (exact) mass is 384 g/mol. The Morgan fingerprint density at radius 3 is 2.58 bits per heavy atom. The lowest BCUT2D eigenvalue weighted by atomic mass is 10.1. The van der Waals surface area contributed by atoms with E-state index in [1.807, 2.05) is 4.98 Å². The molecular weight excluding hydrogens is 374 g/mol. The number of H-pyrrole nitrogens is 1. The number of rotatable bonds is 2. The summed E-state index contributed by atoms with van der Waals surface area (Å²) in [7, 11) is 0. The highest BCUT2D eigenvalue weighted by Crippen LogP contribution is 2.36. The van der Waals surface area contributed by atoms with Gasteiger partial charge in [0.2, 0.25) is 0 Å². The van der Waals surface area contributed by atoms with E-state index in [1.165, 1.54) is 0 Å². The van der Waals surface area contributed by atoms with Crippen molar-refractivity contribution in [2.24, 2.45) is 0 Å². The number of halogens is 2. The van der Waals surface area contributed by atoms with Gasteiger partial charge in [-0.15, -0.1) is 0 Å². The maximum absolute atomic E-state index is 14.0. The van der Waals surface area contributed by atoms with Crippen molar-refractivity contribution in [1.82, 2.24) is 9.55 Å². The van der Waals surface area contributed by atoms with Gasteiger partial charge in [0, 0.05) is 11.8 Å². The smallest absolute Gasteiger partial charge is 0.329 e. The van der Waals surface area contributed by atoms with Gasteiger partial charge in [-0.3, -0.25) is 14.3 Å². The predicted octanol–water partition coefficient (Wildman–Crippen LogP) is -1.37. The van der Waals surface area contributed by atoms with Gasteiger partial charge in [0.15, 0.2) is 0 Å². The lowest BCUT2D eigenvalue weighted by Crippen LogP contribution is -2.39. The summed E-state index contributed by atoms with van der Waals surface area (Å²) in [6.45, 7) is -0.768. The zero-order chi connectivity index (χ0) is 14.3. The van der Waals surface area contributed by atoms with E-state index >= 15 is 0 Å². The molecule has 1 heterocycles. The van der Waals surface area contributed by atoms with E-state index in [9.17, 15) is 24.2 Å². The average Bonchev–Trinajstić information content (AvgIpc) is 2.56. The lowest BCUT2D eigenvalue weighted by molar-refractivity contribution is 0.0243. The molecule has 0 saturated heterocycles. The van der Waals surface area contributed by atoms with Crippen LogP contribution in [0.4, 0.5) is 4.39 Å². The zero-order valence-corrected chi connectivity index (χ0v) is 11.5. The summed E-state index contributed by atoms with van der Waals surface area (Å²) in [5.74, 6) is -0.979. The summed E-state index contributed by atoms with van der Waals surface area (Å²) >= 11 is 1.65. The van der Waals surface area contributed by atoms with Crippen LogP contribution in [0, 0.1) is 3.57 Å². The second kappa shape index (κ2) is 5.15. The van der Waals surface area contributed by atoms with Crippen molar-refractivity contribution in [3.63, 3.8) is 0 Å². The minimum absolute atomic E-state index is 0.129.